The maximum Gasteiger partial charge on any atom is 0.330 e. The quantitative estimate of drug-likeness (QED) is 0.440. The Balaban J connectivity index is 2.87. The highest BCUT2D eigenvalue weighted by atomic mass is 16.5. The maximum absolute atomic E-state index is 10.8. The Hall–Kier alpha value is -1.77. The summed E-state index contributed by atoms with van der Waals surface area (Å²) in [5.41, 5.74) is 8.32. The van der Waals surface area contributed by atoms with Crippen molar-refractivity contribution in [2.24, 2.45) is 0 Å². The Kier molecular flexibility index (Phi) is 3.29. The van der Waals surface area contributed by atoms with Crippen LogP contribution in [0.1, 0.15) is 11.1 Å². The molecule has 0 spiro atoms. The van der Waals surface area contributed by atoms with Crippen LogP contribution < -0.4 is 5.73 Å². The van der Waals surface area contributed by atoms with E-state index in [1.807, 2.05) is 25.1 Å². The molecule has 0 bridgehead atoms. The van der Waals surface area contributed by atoms with Crippen LogP contribution in [0.5, 0.6) is 0 Å². The lowest BCUT2D eigenvalue weighted by molar-refractivity contribution is -0.134. The van der Waals surface area contributed by atoms with Crippen LogP contribution in [0.2, 0.25) is 0 Å². The SMILES string of the molecule is COC(=O)C=Cc1ccc(C)cc1N. The van der Waals surface area contributed by atoms with Crippen molar-refractivity contribution < 1.29 is 9.53 Å². The zero-order valence-electron chi connectivity index (χ0n) is 8.28. The minimum atomic E-state index is -0.384. The van der Waals surface area contributed by atoms with E-state index in [9.17, 15) is 4.79 Å². The molecule has 0 aliphatic carbocycles. The molecule has 3 nitrogen and oxygen atoms in total. The Bertz CT molecular complexity index is 370. The summed E-state index contributed by atoms with van der Waals surface area (Å²) in [4.78, 5) is 10.8. The Morgan fingerprint density at radius 3 is 2.79 bits per heavy atom. The molecule has 0 aliphatic heterocycles. The fraction of sp³-hybridized carbons (Fsp3) is 0.182. The zero-order valence-corrected chi connectivity index (χ0v) is 8.28. The van der Waals surface area contributed by atoms with Crippen molar-refractivity contribution in [2.75, 3.05) is 12.8 Å². The Morgan fingerprint density at radius 1 is 1.50 bits per heavy atom. The zero-order chi connectivity index (χ0) is 10.6. The van der Waals surface area contributed by atoms with Crippen molar-refractivity contribution in [2.45, 2.75) is 6.92 Å². The molecule has 0 atom stereocenters. The van der Waals surface area contributed by atoms with Gasteiger partial charge in [0.15, 0.2) is 0 Å². The van der Waals surface area contributed by atoms with Gasteiger partial charge in [0, 0.05) is 11.8 Å². The first kappa shape index (κ1) is 10.3. The molecule has 2 N–H and O–H groups in total. The van der Waals surface area contributed by atoms with E-state index in [-0.39, 0.29) is 5.97 Å². The first-order chi connectivity index (χ1) is 6.63. The number of hydrogen-bond donors (Lipinski definition) is 1. The van der Waals surface area contributed by atoms with Gasteiger partial charge in [-0.3, -0.25) is 0 Å². The molecule has 0 saturated carbocycles. The summed E-state index contributed by atoms with van der Waals surface area (Å²) in [5.74, 6) is -0.384. The van der Waals surface area contributed by atoms with Crippen LogP contribution in [-0.2, 0) is 9.53 Å². The second-order valence-electron chi connectivity index (χ2n) is 2.99. The van der Waals surface area contributed by atoms with Crippen molar-refractivity contribution in [3.05, 3.63) is 35.4 Å². The molecule has 0 radical (unpaired) electrons. The van der Waals surface area contributed by atoms with E-state index in [1.165, 1.54) is 13.2 Å². The fourth-order valence-electron chi connectivity index (χ4n) is 1.07. The topological polar surface area (TPSA) is 52.3 Å². The van der Waals surface area contributed by atoms with E-state index in [2.05, 4.69) is 4.74 Å². The van der Waals surface area contributed by atoms with Gasteiger partial charge in [0.05, 0.1) is 7.11 Å². The minimum Gasteiger partial charge on any atom is -0.466 e. The van der Waals surface area contributed by atoms with Crippen LogP contribution in [0.15, 0.2) is 24.3 Å². The first-order valence-corrected chi connectivity index (χ1v) is 4.25. The lowest BCUT2D eigenvalue weighted by Crippen LogP contribution is -1.94. The molecule has 1 aromatic rings. The summed E-state index contributed by atoms with van der Waals surface area (Å²) < 4.78 is 4.47. The third-order valence-electron chi connectivity index (χ3n) is 1.84. The first-order valence-electron chi connectivity index (χ1n) is 4.25. The minimum absolute atomic E-state index is 0.384. The third-order valence-corrected chi connectivity index (χ3v) is 1.84. The maximum atomic E-state index is 10.8. The number of nitrogen functional groups attached to an aromatic ring is 1. The van der Waals surface area contributed by atoms with Crippen LogP contribution in [0.25, 0.3) is 6.08 Å². The lowest BCUT2D eigenvalue weighted by atomic mass is 10.1. The van der Waals surface area contributed by atoms with Crippen molar-refractivity contribution >= 4 is 17.7 Å². The van der Waals surface area contributed by atoms with E-state index >= 15 is 0 Å². The number of esters is 1. The van der Waals surface area contributed by atoms with Crippen LogP contribution in [0.3, 0.4) is 0 Å². The second kappa shape index (κ2) is 4.46. The van der Waals surface area contributed by atoms with Crippen molar-refractivity contribution in [1.29, 1.82) is 0 Å². The summed E-state index contributed by atoms with van der Waals surface area (Å²) in [6.07, 6.45) is 2.99. The summed E-state index contributed by atoms with van der Waals surface area (Å²) in [6.45, 7) is 1.96. The van der Waals surface area contributed by atoms with Crippen LogP contribution in [0, 0.1) is 6.92 Å². The van der Waals surface area contributed by atoms with Gasteiger partial charge in [-0.1, -0.05) is 12.1 Å². The normalized spacial score (nSPS) is 10.4. The third kappa shape index (κ3) is 2.62. The largest absolute Gasteiger partial charge is 0.466 e. The molecule has 1 aromatic carbocycles. The standard InChI is InChI=1S/C11H13NO2/c1-8-3-4-9(10(12)7-8)5-6-11(13)14-2/h3-7H,12H2,1-2H3. The van der Waals surface area contributed by atoms with Gasteiger partial charge < -0.3 is 10.5 Å². The fourth-order valence-corrected chi connectivity index (χ4v) is 1.07. The van der Waals surface area contributed by atoms with Gasteiger partial charge in [0.2, 0.25) is 0 Å². The molecule has 1 rings (SSSR count). The van der Waals surface area contributed by atoms with E-state index in [0.717, 1.165) is 11.1 Å². The molecule has 14 heavy (non-hydrogen) atoms. The van der Waals surface area contributed by atoms with Crippen LogP contribution in [0.4, 0.5) is 5.69 Å². The van der Waals surface area contributed by atoms with Gasteiger partial charge in [-0.15, -0.1) is 0 Å². The number of nitrogens with two attached hydrogens (primary N) is 1. The van der Waals surface area contributed by atoms with Crippen molar-refractivity contribution in [1.82, 2.24) is 0 Å². The van der Waals surface area contributed by atoms with Crippen LogP contribution >= 0.6 is 0 Å². The van der Waals surface area contributed by atoms with E-state index in [1.54, 1.807) is 6.08 Å². The highest BCUT2D eigenvalue weighted by molar-refractivity contribution is 5.88. The molecule has 0 fully saturated rings. The molecule has 0 heterocycles. The lowest BCUT2D eigenvalue weighted by Gasteiger charge is -2.00. The number of ether oxygens (including phenoxy) is 1. The number of carbonyl (C=O) groups is 1. The van der Waals surface area contributed by atoms with Crippen molar-refractivity contribution in [3.63, 3.8) is 0 Å². The van der Waals surface area contributed by atoms with E-state index < -0.39 is 0 Å². The Labute approximate surface area is 83.2 Å². The van der Waals surface area contributed by atoms with Gasteiger partial charge >= 0.3 is 5.97 Å². The molecular weight excluding hydrogens is 178 g/mol. The second-order valence-corrected chi connectivity index (χ2v) is 2.99. The number of hydrogen-bond acceptors (Lipinski definition) is 3. The van der Waals surface area contributed by atoms with Gasteiger partial charge in [-0.05, 0) is 30.2 Å². The molecular formula is C11H13NO2. The number of rotatable bonds is 2. The molecule has 0 unspecified atom stereocenters. The summed E-state index contributed by atoms with van der Waals surface area (Å²) in [5, 5.41) is 0. The molecule has 0 saturated heterocycles. The number of benzene rings is 1. The molecule has 0 aromatic heterocycles. The Morgan fingerprint density at radius 2 is 2.21 bits per heavy atom. The predicted molar refractivity (Wildman–Crippen MR) is 56.6 cm³/mol. The van der Waals surface area contributed by atoms with Gasteiger partial charge in [-0.2, -0.15) is 0 Å². The van der Waals surface area contributed by atoms with Gasteiger partial charge in [-0.25, -0.2) is 4.79 Å². The predicted octanol–water partition coefficient (Wildman–Crippen LogP) is 1.76. The molecule has 3 heteroatoms. The monoisotopic (exact) mass is 191 g/mol. The molecule has 0 aliphatic rings. The summed E-state index contributed by atoms with van der Waals surface area (Å²) in [6, 6.07) is 5.66. The van der Waals surface area contributed by atoms with Crippen LogP contribution in [-0.4, -0.2) is 13.1 Å². The summed E-state index contributed by atoms with van der Waals surface area (Å²) in [7, 11) is 1.34. The van der Waals surface area contributed by atoms with Gasteiger partial charge in [0.1, 0.15) is 0 Å². The summed E-state index contributed by atoms with van der Waals surface area (Å²) >= 11 is 0. The van der Waals surface area contributed by atoms with E-state index in [0.29, 0.717) is 5.69 Å². The molecule has 0 amide bonds. The number of carbonyl (C=O) groups excluding carboxylic acids is 1. The smallest absolute Gasteiger partial charge is 0.330 e. The van der Waals surface area contributed by atoms with Crippen molar-refractivity contribution in [3.8, 4) is 0 Å². The van der Waals surface area contributed by atoms with Gasteiger partial charge in [0.25, 0.3) is 0 Å². The highest BCUT2D eigenvalue weighted by Gasteiger charge is 1.96. The van der Waals surface area contributed by atoms with E-state index in [4.69, 9.17) is 5.73 Å². The average Bonchev–Trinajstić information content (AvgIpc) is 2.16. The number of methoxy groups -OCH3 is 1. The number of anilines is 1. The molecule has 74 valence electrons. The highest BCUT2D eigenvalue weighted by Crippen LogP contribution is 2.15. The average molecular weight is 191 g/mol. The number of aryl methyl sites for hydroxylation is 1.